The maximum atomic E-state index is 11.3. The first-order valence-corrected chi connectivity index (χ1v) is 8.70. The Hall–Kier alpha value is -2.37. The molecule has 0 saturated carbocycles. The van der Waals surface area contributed by atoms with E-state index in [-0.39, 0.29) is 33.2 Å². The van der Waals surface area contributed by atoms with Gasteiger partial charge in [0.2, 0.25) is 0 Å². The summed E-state index contributed by atoms with van der Waals surface area (Å²) in [6, 6.07) is 6.48. The summed E-state index contributed by atoms with van der Waals surface area (Å²) in [4.78, 5) is 14.1. The lowest BCUT2D eigenvalue weighted by molar-refractivity contribution is 0.0690. The number of phenols is 1. The predicted molar refractivity (Wildman–Crippen MR) is 102 cm³/mol. The summed E-state index contributed by atoms with van der Waals surface area (Å²) in [5.74, 6) is -0.0698. The quantitative estimate of drug-likeness (QED) is 0.499. The van der Waals surface area contributed by atoms with E-state index in [1.807, 2.05) is 13.8 Å². The number of aromatic carboxylic acids is 1. The first kappa shape index (κ1) is 18.4. The van der Waals surface area contributed by atoms with E-state index in [1.165, 1.54) is 0 Å². The van der Waals surface area contributed by atoms with E-state index in [2.05, 4.69) is 4.98 Å². The number of nitrogens with one attached hydrogen (secondary N) is 1. The molecule has 5 nitrogen and oxygen atoms in total. The second kappa shape index (κ2) is 6.74. The Balaban J connectivity index is 2.13. The van der Waals surface area contributed by atoms with Gasteiger partial charge < -0.3 is 19.9 Å². The molecule has 0 radical (unpaired) electrons. The predicted octanol–water partition coefficient (Wildman–Crippen LogP) is 6.10. The molecule has 0 atom stereocenters. The third-order valence-electron chi connectivity index (χ3n) is 4.24. The Morgan fingerprint density at radius 1 is 1.23 bits per heavy atom. The molecule has 0 aliphatic rings. The van der Waals surface area contributed by atoms with Gasteiger partial charge in [0, 0.05) is 16.5 Å². The summed E-state index contributed by atoms with van der Waals surface area (Å²) in [5, 5.41) is 20.3. The van der Waals surface area contributed by atoms with E-state index in [0.29, 0.717) is 22.2 Å². The standard InChI is InChI=1S/C19H17Cl2NO4/c1-8(2)11-6-10(4-5-14(11)23)26-18-12(20)7-13-15(16(18)21)9(3)17(22-13)19(24)25/h4-8,22-23H,1-3H3,(H,24,25). The summed E-state index contributed by atoms with van der Waals surface area (Å²) >= 11 is 12.8. The molecule has 3 rings (SSSR count). The lowest BCUT2D eigenvalue weighted by atomic mass is 10.0. The minimum atomic E-state index is -1.08. The number of rotatable bonds is 4. The third kappa shape index (κ3) is 3.08. The maximum absolute atomic E-state index is 11.3. The van der Waals surface area contributed by atoms with Gasteiger partial charge in [-0.05, 0) is 42.7 Å². The fourth-order valence-electron chi connectivity index (χ4n) is 2.90. The number of halogens is 2. The van der Waals surface area contributed by atoms with Crippen LogP contribution in [-0.2, 0) is 0 Å². The largest absolute Gasteiger partial charge is 0.508 e. The summed E-state index contributed by atoms with van der Waals surface area (Å²) in [6.07, 6.45) is 0. The van der Waals surface area contributed by atoms with Gasteiger partial charge in [-0.3, -0.25) is 0 Å². The highest BCUT2D eigenvalue weighted by Gasteiger charge is 2.21. The van der Waals surface area contributed by atoms with E-state index < -0.39 is 5.97 Å². The molecule has 0 unspecified atom stereocenters. The summed E-state index contributed by atoms with van der Waals surface area (Å²) in [5.41, 5.74) is 1.83. The van der Waals surface area contributed by atoms with Crippen LogP contribution in [0.2, 0.25) is 10.0 Å². The van der Waals surface area contributed by atoms with Crippen LogP contribution in [0.4, 0.5) is 0 Å². The second-order valence-corrected chi connectivity index (χ2v) is 7.12. The molecule has 0 saturated heterocycles. The number of aryl methyl sites for hydroxylation is 1. The van der Waals surface area contributed by atoms with Gasteiger partial charge in [-0.2, -0.15) is 0 Å². The molecule has 3 N–H and O–H groups in total. The monoisotopic (exact) mass is 393 g/mol. The van der Waals surface area contributed by atoms with E-state index in [9.17, 15) is 15.0 Å². The number of hydrogen-bond donors (Lipinski definition) is 3. The fraction of sp³-hybridized carbons (Fsp3) is 0.211. The Morgan fingerprint density at radius 3 is 2.54 bits per heavy atom. The normalized spacial score (nSPS) is 11.3. The first-order chi connectivity index (χ1) is 12.2. The zero-order valence-corrected chi connectivity index (χ0v) is 15.9. The smallest absolute Gasteiger partial charge is 0.352 e. The minimum absolute atomic E-state index is 0.0573. The average molecular weight is 394 g/mol. The molecule has 26 heavy (non-hydrogen) atoms. The number of carboxylic acids is 1. The minimum Gasteiger partial charge on any atom is -0.508 e. The van der Waals surface area contributed by atoms with Crippen LogP contribution in [0.15, 0.2) is 24.3 Å². The van der Waals surface area contributed by atoms with Gasteiger partial charge >= 0.3 is 5.97 Å². The molecule has 3 aromatic rings. The van der Waals surface area contributed by atoms with Gasteiger partial charge in [0.25, 0.3) is 0 Å². The van der Waals surface area contributed by atoms with Gasteiger partial charge in [0.1, 0.15) is 17.2 Å². The highest BCUT2D eigenvalue weighted by atomic mass is 35.5. The van der Waals surface area contributed by atoms with Gasteiger partial charge in [0.05, 0.1) is 10.0 Å². The lowest BCUT2D eigenvalue weighted by Gasteiger charge is -2.14. The van der Waals surface area contributed by atoms with Crippen molar-refractivity contribution in [1.82, 2.24) is 4.98 Å². The van der Waals surface area contributed by atoms with E-state index in [0.717, 1.165) is 5.56 Å². The van der Waals surface area contributed by atoms with Gasteiger partial charge in [-0.25, -0.2) is 4.79 Å². The molecule has 2 aromatic carbocycles. The van der Waals surface area contributed by atoms with E-state index in [1.54, 1.807) is 31.2 Å². The molecule has 0 aliphatic carbocycles. The maximum Gasteiger partial charge on any atom is 0.352 e. The molecular weight excluding hydrogens is 377 g/mol. The number of hydrogen-bond acceptors (Lipinski definition) is 3. The summed E-state index contributed by atoms with van der Waals surface area (Å²) in [6.45, 7) is 5.59. The molecule has 0 spiro atoms. The van der Waals surface area contributed by atoms with Crippen LogP contribution >= 0.6 is 23.2 Å². The number of H-pyrrole nitrogens is 1. The van der Waals surface area contributed by atoms with Crippen molar-refractivity contribution in [3.8, 4) is 17.2 Å². The van der Waals surface area contributed by atoms with Crippen LogP contribution < -0.4 is 4.74 Å². The van der Waals surface area contributed by atoms with Crippen LogP contribution in [0.25, 0.3) is 10.9 Å². The molecule has 1 aromatic heterocycles. The summed E-state index contributed by atoms with van der Waals surface area (Å²) < 4.78 is 5.88. The molecule has 0 amide bonds. The second-order valence-electron chi connectivity index (χ2n) is 6.33. The van der Waals surface area contributed by atoms with Crippen LogP contribution in [-0.4, -0.2) is 21.2 Å². The molecule has 0 aliphatic heterocycles. The molecule has 0 bridgehead atoms. The Morgan fingerprint density at radius 2 is 1.92 bits per heavy atom. The van der Waals surface area contributed by atoms with Gasteiger partial charge in [0.15, 0.2) is 5.75 Å². The molecule has 7 heteroatoms. The highest BCUT2D eigenvalue weighted by Crippen LogP contribution is 2.44. The third-order valence-corrected chi connectivity index (χ3v) is 4.88. The Bertz CT molecular complexity index is 1020. The zero-order chi connectivity index (χ0) is 19.2. The summed E-state index contributed by atoms with van der Waals surface area (Å²) in [7, 11) is 0. The Labute approximate surface area is 160 Å². The fourth-order valence-corrected chi connectivity index (χ4v) is 3.58. The average Bonchev–Trinajstić information content (AvgIpc) is 2.89. The topological polar surface area (TPSA) is 82.5 Å². The molecule has 1 heterocycles. The van der Waals surface area contributed by atoms with Crippen molar-refractivity contribution in [1.29, 1.82) is 0 Å². The van der Waals surface area contributed by atoms with E-state index in [4.69, 9.17) is 27.9 Å². The van der Waals surface area contributed by atoms with Crippen LogP contribution in [0.3, 0.4) is 0 Å². The molecule has 136 valence electrons. The van der Waals surface area contributed by atoms with Crippen molar-refractivity contribution in [2.75, 3.05) is 0 Å². The highest BCUT2D eigenvalue weighted by molar-refractivity contribution is 6.41. The number of phenolic OH excluding ortho intramolecular Hbond substituents is 1. The van der Waals surface area contributed by atoms with Gasteiger partial charge in [-0.1, -0.05) is 37.0 Å². The number of ether oxygens (including phenoxy) is 1. The SMILES string of the molecule is Cc1c(C(=O)O)[nH]c2cc(Cl)c(Oc3ccc(O)c(C(C)C)c3)c(Cl)c12. The number of carbonyl (C=O) groups is 1. The number of fused-ring (bicyclic) bond motifs is 1. The van der Waals surface area contributed by atoms with Crippen molar-refractivity contribution in [2.45, 2.75) is 26.7 Å². The van der Waals surface area contributed by atoms with Crippen molar-refractivity contribution >= 4 is 40.1 Å². The lowest BCUT2D eigenvalue weighted by Crippen LogP contribution is -1.98. The number of benzene rings is 2. The first-order valence-electron chi connectivity index (χ1n) is 7.95. The van der Waals surface area contributed by atoms with Crippen molar-refractivity contribution < 1.29 is 19.7 Å². The van der Waals surface area contributed by atoms with Crippen LogP contribution in [0.5, 0.6) is 17.2 Å². The van der Waals surface area contributed by atoms with Crippen LogP contribution in [0.1, 0.15) is 41.4 Å². The van der Waals surface area contributed by atoms with Crippen molar-refractivity contribution in [3.05, 3.63) is 51.1 Å². The number of carboxylic acid groups (broad SMARTS) is 1. The van der Waals surface area contributed by atoms with Crippen molar-refractivity contribution in [3.63, 3.8) is 0 Å². The zero-order valence-electron chi connectivity index (χ0n) is 14.4. The van der Waals surface area contributed by atoms with Gasteiger partial charge in [-0.15, -0.1) is 0 Å². The van der Waals surface area contributed by atoms with E-state index >= 15 is 0 Å². The number of aromatic amines is 1. The van der Waals surface area contributed by atoms with Crippen molar-refractivity contribution in [2.24, 2.45) is 0 Å². The number of aromatic nitrogens is 1. The Kier molecular flexibility index (Phi) is 4.78. The molecule has 0 fully saturated rings. The molecular formula is C19H17Cl2NO4. The number of aromatic hydroxyl groups is 1. The van der Waals surface area contributed by atoms with Crippen LogP contribution in [0, 0.1) is 6.92 Å².